The van der Waals surface area contributed by atoms with Crippen LogP contribution in [-0.4, -0.2) is 33.9 Å². The summed E-state index contributed by atoms with van der Waals surface area (Å²) < 4.78 is 0. The van der Waals surface area contributed by atoms with Crippen molar-refractivity contribution in [2.75, 3.05) is 18.1 Å². The normalized spacial score (nSPS) is 12.1. The van der Waals surface area contributed by atoms with Crippen LogP contribution < -0.4 is 0 Å². The first-order valence-electron chi connectivity index (χ1n) is 8.12. The van der Waals surface area contributed by atoms with Crippen LogP contribution >= 0.6 is 23.4 Å². The highest BCUT2D eigenvalue weighted by Crippen LogP contribution is 2.21. The van der Waals surface area contributed by atoms with Gasteiger partial charge in [0.1, 0.15) is 0 Å². The van der Waals surface area contributed by atoms with Crippen LogP contribution in [0.3, 0.4) is 0 Å². The summed E-state index contributed by atoms with van der Waals surface area (Å²) in [4.78, 5) is 23.3. The summed E-state index contributed by atoms with van der Waals surface area (Å²) in [6, 6.07) is 15.0. The lowest BCUT2D eigenvalue weighted by molar-refractivity contribution is -0.384. The number of benzene rings is 2. The van der Waals surface area contributed by atoms with Crippen LogP contribution in [0, 0.1) is 10.1 Å². The van der Waals surface area contributed by atoms with E-state index in [4.69, 9.17) is 16.7 Å². The van der Waals surface area contributed by atoms with Crippen molar-refractivity contribution in [3.05, 3.63) is 92.5 Å². The third-order valence-electron chi connectivity index (χ3n) is 3.52. The second kappa shape index (κ2) is 10.7. The Balaban J connectivity index is 2.32. The molecular formula is C20H18ClNO4S. The number of rotatable bonds is 9. The molecule has 0 aromatic heterocycles. The van der Waals surface area contributed by atoms with E-state index in [1.165, 1.54) is 36.0 Å². The van der Waals surface area contributed by atoms with E-state index in [1.54, 1.807) is 12.2 Å². The van der Waals surface area contributed by atoms with Crippen molar-refractivity contribution in [2.24, 2.45) is 0 Å². The number of hydrogen-bond acceptors (Lipinski definition) is 5. The fourth-order valence-corrected chi connectivity index (χ4v) is 3.25. The van der Waals surface area contributed by atoms with Gasteiger partial charge in [-0.2, -0.15) is 11.8 Å². The van der Waals surface area contributed by atoms with E-state index in [2.05, 4.69) is 0 Å². The average molecular weight is 404 g/mol. The molecule has 0 radical (unpaired) electrons. The van der Waals surface area contributed by atoms with Gasteiger partial charge in [-0.05, 0) is 17.7 Å². The van der Waals surface area contributed by atoms with Crippen molar-refractivity contribution >= 4 is 40.9 Å². The van der Waals surface area contributed by atoms with Gasteiger partial charge in [0, 0.05) is 39.8 Å². The Morgan fingerprint density at radius 2 is 1.93 bits per heavy atom. The monoisotopic (exact) mass is 403 g/mol. The molecule has 2 rings (SSSR count). The molecule has 2 aromatic carbocycles. The van der Waals surface area contributed by atoms with Crippen LogP contribution in [0.4, 0.5) is 5.69 Å². The molecule has 7 heteroatoms. The third-order valence-corrected chi connectivity index (χ3v) is 4.72. The minimum atomic E-state index is -0.539. The summed E-state index contributed by atoms with van der Waals surface area (Å²) in [6.45, 7) is -0.00344. The maximum atomic E-state index is 12.8. The Labute approximate surface area is 166 Å². The number of carbonyl (C=O) groups excluding carboxylic acids is 1. The highest BCUT2D eigenvalue weighted by atomic mass is 35.5. The molecule has 0 aliphatic carbocycles. The molecule has 0 fully saturated rings. The molecule has 0 bridgehead atoms. The fraction of sp³-hybridized carbons (Fsp3) is 0.150. The number of nitro groups is 1. The smallest absolute Gasteiger partial charge is 0.270 e. The number of hydrogen-bond donors (Lipinski definition) is 1. The van der Waals surface area contributed by atoms with E-state index in [0.717, 1.165) is 5.56 Å². The van der Waals surface area contributed by atoms with Crippen LogP contribution in [0.2, 0.25) is 0 Å². The first-order chi connectivity index (χ1) is 13.0. The van der Waals surface area contributed by atoms with Gasteiger partial charge < -0.3 is 5.11 Å². The first-order valence-corrected chi connectivity index (χ1v) is 9.65. The SMILES string of the molecule is O=C(/C(=C/C(Cl)=C/c1ccccc1)CSCCO)c1cccc([N+](=O)[O-])c1. The minimum absolute atomic E-state index is 0.00344. The standard InChI is InChI=1S/C20H18ClNO4S/c21-18(11-15-5-2-1-3-6-15)12-17(14-27-10-9-23)20(24)16-7-4-8-19(13-16)22(25)26/h1-8,11-13,23H,9-10,14H2/b17-12+,18-11-. The zero-order valence-electron chi connectivity index (χ0n) is 14.4. The number of Topliss-reactive ketones (excluding diaryl/α,β-unsaturated/α-hetero) is 1. The van der Waals surface area contributed by atoms with E-state index in [9.17, 15) is 14.9 Å². The van der Waals surface area contributed by atoms with Gasteiger partial charge in [-0.3, -0.25) is 14.9 Å². The Morgan fingerprint density at radius 3 is 2.59 bits per heavy atom. The van der Waals surface area contributed by atoms with Crippen LogP contribution in [0.25, 0.3) is 6.08 Å². The third kappa shape index (κ3) is 6.67. The fourth-order valence-electron chi connectivity index (χ4n) is 2.28. The van der Waals surface area contributed by atoms with Crippen LogP contribution in [0.15, 0.2) is 71.3 Å². The van der Waals surface area contributed by atoms with E-state index in [1.807, 2.05) is 30.3 Å². The lowest BCUT2D eigenvalue weighted by Gasteiger charge is -2.07. The van der Waals surface area contributed by atoms with Crippen LogP contribution in [-0.2, 0) is 0 Å². The average Bonchev–Trinajstić information content (AvgIpc) is 2.67. The molecule has 140 valence electrons. The van der Waals surface area contributed by atoms with Crippen molar-refractivity contribution in [3.63, 3.8) is 0 Å². The van der Waals surface area contributed by atoms with Crippen molar-refractivity contribution in [1.82, 2.24) is 0 Å². The summed E-state index contributed by atoms with van der Waals surface area (Å²) in [6.07, 6.45) is 3.30. The molecule has 5 nitrogen and oxygen atoms in total. The maximum absolute atomic E-state index is 12.8. The summed E-state index contributed by atoms with van der Waals surface area (Å²) in [5.41, 5.74) is 1.38. The molecule has 0 aliphatic heterocycles. The number of non-ortho nitro benzene ring substituents is 1. The summed E-state index contributed by atoms with van der Waals surface area (Å²) in [5.74, 6) is 0.476. The topological polar surface area (TPSA) is 80.4 Å². The number of halogens is 1. The molecule has 0 amide bonds. The summed E-state index contributed by atoms with van der Waals surface area (Å²) in [7, 11) is 0. The molecule has 2 aromatic rings. The van der Waals surface area contributed by atoms with Gasteiger partial charge in [0.2, 0.25) is 0 Å². The number of nitrogens with zero attached hydrogens (tertiary/aromatic N) is 1. The Morgan fingerprint density at radius 1 is 1.19 bits per heavy atom. The molecule has 0 aliphatic rings. The van der Waals surface area contributed by atoms with Crippen molar-refractivity contribution < 1.29 is 14.8 Å². The Hall–Kier alpha value is -2.41. The van der Waals surface area contributed by atoms with E-state index in [-0.39, 0.29) is 23.6 Å². The second-order valence-corrected chi connectivity index (χ2v) is 7.06. The van der Waals surface area contributed by atoms with Gasteiger partial charge in [0.25, 0.3) is 5.69 Å². The lowest BCUT2D eigenvalue weighted by atomic mass is 10.0. The molecule has 0 saturated carbocycles. The minimum Gasteiger partial charge on any atom is -0.396 e. The second-order valence-electron chi connectivity index (χ2n) is 5.52. The number of ketones is 1. The molecular weight excluding hydrogens is 386 g/mol. The van der Waals surface area contributed by atoms with Crippen molar-refractivity contribution in [2.45, 2.75) is 0 Å². The number of aliphatic hydroxyl groups excluding tert-OH is 1. The highest BCUT2D eigenvalue weighted by molar-refractivity contribution is 7.99. The van der Waals surface area contributed by atoms with Gasteiger partial charge in [-0.1, -0.05) is 54.1 Å². The first kappa shape index (κ1) is 20.9. The van der Waals surface area contributed by atoms with E-state index < -0.39 is 4.92 Å². The van der Waals surface area contributed by atoms with Gasteiger partial charge in [-0.15, -0.1) is 0 Å². The number of thioether (sulfide) groups is 1. The Bertz CT molecular complexity index is 865. The summed E-state index contributed by atoms with van der Waals surface area (Å²) >= 11 is 7.69. The zero-order chi connectivity index (χ0) is 19.6. The molecule has 0 unspecified atom stereocenters. The Kier molecular flexibility index (Phi) is 8.26. The molecule has 1 N–H and O–H groups in total. The lowest BCUT2D eigenvalue weighted by Crippen LogP contribution is -2.07. The van der Waals surface area contributed by atoms with Gasteiger partial charge in [-0.25, -0.2) is 0 Å². The number of nitro benzene ring substituents is 1. The van der Waals surface area contributed by atoms with E-state index in [0.29, 0.717) is 22.1 Å². The number of aliphatic hydroxyl groups is 1. The highest BCUT2D eigenvalue weighted by Gasteiger charge is 2.16. The predicted molar refractivity (Wildman–Crippen MR) is 110 cm³/mol. The van der Waals surface area contributed by atoms with Gasteiger partial charge >= 0.3 is 0 Å². The quantitative estimate of drug-likeness (QED) is 0.164. The largest absolute Gasteiger partial charge is 0.396 e. The molecule has 27 heavy (non-hydrogen) atoms. The molecule has 0 spiro atoms. The maximum Gasteiger partial charge on any atom is 0.270 e. The van der Waals surface area contributed by atoms with Crippen LogP contribution in [0.1, 0.15) is 15.9 Å². The number of allylic oxidation sites excluding steroid dienone is 2. The van der Waals surface area contributed by atoms with Gasteiger partial charge in [0.15, 0.2) is 5.78 Å². The predicted octanol–water partition coefficient (Wildman–Crippen LogP) is 4.71. The van der Waals surface area contributed by atoms with Crippen molar-refractivity contribution in [3.8, 4) is 0 Å². The van der Waals surface area contributed by atoms with Crippen molar-refractivity contribution in [1.29, 1.82) is 0 Å². The number of carbonyl (C=O) groups is 1. The van der Waals surface area contributed by atoms with Gasteiger partial charge in [0.05, 0.1) is 11.5 Å². The summed E-state index contributed by atoms with van der Waals surface area (Å²) in [5, 5.41) is 20.3. The molecule has 0 heterocycles. The molecule has 0 atom stereocenters. The van der Waals surface area contributed by atoms with Crippen LogP contribution in [0.5, 0.6) is 0 Å². The zero-order valence-corrected chi connectivity index (χ0v) is 15.9. The van der Waals surface area contributed by atoms with E-state index >= 15 is 0 Å². The molecule has 0 saturated heterocycles.